The van der Waals surface area contributed by atoms with Crippen molar-refractivity contribution in [3.05, 3.63) is 0 Å². The number of amides is 1. The summed E-state index contributed by atoms with van der Waals surface area (Å²) in [6, 6.07) is 0. The van der Waals surface area contributed by atoms with Crippen LogP contribution >= 0.6 is 0 Å². The molecule has 3 heteroatoms. The summed E-state index contributed by atoms with van der Waals surface area (Å²) >= 11 is 0. The molecule has 19 heavy (non-hydrogen) atoms. The highest BCUT2D eigenvalue weighted by Crippen LogP contribution is 2.31. The van der Waals surface area contributed by atoms with Gasteiger partial charge in [-0.25, -0.2) is 4.79 Å². The van der Waals surface area contributed by atoms with Crippen LogP contribution in [0, 0.1) is 17.8 Å². The molecule has 0 N–H and O–H groups in total. The number of carbonyl (C=O) groups excluding carboxylic acids is 1. The molecule has 1 heterocycles. The Balaban J connectivity index is 2.41. The molecular weight excluding hydrogens is 238 g/mol. The third-order valence-corrected chi connectivity index (χ3v) is 4.50. The van der Waals surface area contributed by atoms with Gasteiger partial charge in [-0.05, 0) is 30.6 Å². The molecule has 0 aromatic carbocycles. The largest absolute Gasteiger partial charge is 0.449 e. The molecule has 0 aromatic heterocycles. The molecule has 0 aromatic rings. The number of rotatable bonds is 6. The van der Waals surface area contributed by atoms with Gasteiger partial charge in [-0.15, -0.1) is 0 Å². The van der Waals surface area contributed by atoms with Gasteiger partial charge >= 0.3 is 6.09 Å². The Morgan fingerprint density at radius 2 is 1.89 bits per heavy atom. The van der Waals surface area contributed by atoms with E-state index in [-0.39, 0.29) is 6.09 Å². The van der Waals surface area contributed by atoms with Crippen molar-refractivity contribution < 1.29 is 9.53 Å². The van der Waals surface area contributed by atoms with E-state index >= 15 is 0 Å². The van der Waals surface area contributed by atoms with Crippen LogP contribution in [-0.4, -0.2) is 30.7 Å². The number of piperidine rings is 1. The predicted molar refractivity (Wildman–Crippen MR) is 79.2 cm³/mol. The van der Waals surface area contributed by atoms with E-state index in [9.17, 15) is 4.79 Å². The van der Waals surface area contributed by atoms with Crippen LogP contribution in [-0.2, 0) is 4.74 Å². The molecule has 1 amide bonds. The Hall–Kier alpha value is -0.730. The molecule has 0 bridgehead atoms. The summed E-state index contributed by atoms with van der Waals surface area (Å²) in [7, 11) is 0. The fraction of sp³-hybridized carbons (Fsp3) is 0.938. The minimum Gasteiger partial charge on any atom is -0.449 e. The summed E-state index contributed by atoms with van der Waals surface area (Å²) in [5, 5.41) is 0. The molecule has 1 fully saturated rings. The predicted octanol–water partition coefficient (Wildman–Crippen LogP) is 4.32. The van der Waals surface area contributed by atoms with Gasteiger partial charge in [0.1, 0.15) is 0 Å². The van der Waals surface area contributed by atoms with Gasteiger partial charge in [-0.1, -0.05) is 47.0 Å². The molecule has 0 aliphatic carbocycles. The van der Waals surface area contributed by atoms with Crippen molar-refractivity contribution in [2.75, 3.05) is 19.7 Å². The number of nitrogens with zero attached hydrogens (tertiary/aromatic N) is 1. The maximum Gasteiger partial charge on any atom is 0.409 e. The van der Waals surface area contributed by atoms with Crippen LogP contribution in [0.3, 0.4) is 0 Å². The molecule has 1 aliphatic heterocycles. The van der Waals surface area contributed by atoms with Gasteiger partial charge in [-0.3, -0.25) is 0 Å². The van der Waals surface area contributed by atoms with Gasteiger partial charge in [0.15, 0.2) is 0 Å². The number of ether oxygens (including phenoxy) is 1. The fourth-order valence-electron chi connectivity index (χ4n) is 2.98. The van der Waals surface area contributed by atoms with Crippen LogP contribution in [0.2, 0.25) is 0 Å². The molecule has 3 unspecified atom stereocenters. The number of carbonyl (C=O) groups is 1. The lowest BCUT2D eigenvalue weighted by Gasteiger charge is -2.40. The standard InChI is InChI=1S/C16H31NO2/c1-5-7-8-10-19-16(18)17-11-13(3)14(4)15(12-17)9-6-2/h13-15H,5-12H2,1-4H3. The summed E-state index contributed by atoms with van der Waals surface area (Å²) in [5.41, 5.74) is 0. The first kappa shape index (κ1) is 16.3. The minimum absolute atomic E-state index is 0.101. The lowest BCUT2D eigenvalue weighted by molar-refractivity contribution is 0.0468. The van der Waals surface area contributed by atoms with Crippen LogP contribution in [0.15, 0.2) is 0 Å². The molecule has 3 atom stereocenters. The third kappa shape index (κ3) is 5.04. The second kappa shape index (κ2) is 8.44. The van der Waals surface area contributed by atoms with Gasteiger partial charge in [0.2, 0.25) is 0 Å². The summed E-state index contributed by atoms with van der Waals surface area (Å²) in [6.07, 6.45) is 5.59. The summed E-state index contributed by atoms with van der Waals surface area (Å²) in [5.74, 6) is 1.93. The van der Waals surface area contributed by atoms with Gasteiger partial charge in [0, 0.05) is 13.1 Å². The van der Waals surface area contributed by atoms with Crippen molar-refractivity contribution in [3.8, 4) is 0 Å². The lowest BCUT2D eigenvalue weighted by atomic mass is 9.78. The van der Waals surface area contributed by atoms with Crippen molar-refractivity contribution in [3.63, 3.8) is 0 Å². The molecule has 1 saturated heterocycles. The van der Waals surface area contributed by atoms with Crippen LogP contribution in [0.25, 0.3) is 0 Å². The monoisotopic (exact) mass is 269 g/mol. The molecule has 0 radical (unpaired) electrons. The zero-order valence-electron chi connectivity index (χ0n) is 13.2. The average Bonchev–Trinajstić information content (AvgIpc) is 2.39. The molecule has 3 nitrogen and oxygen atoms in total. The van der Waals surface area contributed by atoms with E-state index in [0.29, 0.717) is 24.4 Å². The van der Waals surface area contributed by atoms with E-state index in [2.05, 4.69) is 27.7 Å². The van der Waals surface area contributed by atoms with Gasteiger partial charge in [0.05, 0.1) is 6.61 Å². The van der Waals surface area contributed by atoms with Crippen LogP contribution in [0.4, 0.5) is 4.79 Å². The first-order valence-corrected chi connectivity index (χ1v) is 8.01. The molecule has 1 aliphatic rings. The van der Waals surface area contributed by atoms with Crippen molar-refractivity contribution >= 4 is 6.09 Å². The molecule has 0 saturated carbocycles. The van der Waals surface area contributed by atoms with E-state index in [0.717, 1.165) is 32.4 Å². The van der Waals surface area contributed by atoms with Gasteiger partial charge < -0.3 is 9.64 Å². The fourth-order valence-corrected chi connectivity index (χ4v) is 2.98. The van der Waals surface area contributed by atoms with Crippen molar-refractivity contribution in [2.24, 2.45) is 17.8 Å². The van der Waals surface area contributed by atoms with E-state index in [4.69, 9.17) is 4.74 Å². The van der Waals surface area contributed by atoms with Crippen LogP contribution in [0.5, 0.6) is 0 Å². The number of unbranched alkanes of at least 4 members (excludes halogenated alkanes) is 2. The molecular formula is C16H31NO2. The Morgan fingerprint density at radius 3 is 2.53 bits per heavy atom. The Kier molecular flexibility index (Phi) is 7.25. The Labute approximate surface area is 118 Å². The molecule has 112 valence electrons. The second-order valence-electron chi connectivity index (χ2n) is 6.11. The molecule has 0 spiro atoms. The maximum atomic E-state index is 12.1. The van der Waals surface area contributed by atoms with E-state index in [1.807, 2.05) is 4.90 Å². The quantitative estimate of drug-likeness (QED) is 0.672. The van der Waals surface area contributed by atoms with Gasteiger partial charge in [0.25, 0.3) is 0 Å². The molecule has 1 rings (SSSR count). The van der Waals surface area contributed by atoms with Crippen LogP contribution < -0.4 is 0 Å². The van der Waals surface area contributed by atoms with E-state index in [1.165, 1.54) is 12.8 Å². The van der Waals surface area contributed by atoms with Gasteiger partial charge in [-0.2, -0.15) is 0 Å². The SMILES string of the molecule is CCCCCOC(=O)N1CC(C)C(C)C(CCC)C1. The van der Waals surface area contributed by atoms with E-state index in [1.54, 1.807) is 0 Å². The summed E-state index contributed by atoms with van der Waals surface area (Å²) in [6.45, 7) is 11.3. The normalized spacial score (nSPS) is 27.4. The number of likely N-dealkylation sites (tertiary alicyclic amines) is 1. The maximum absolute atomic E-state index is 12.1. The average molecular weight is 269 g/mol. The van der Waals surface area contributed by atoms with Crippen molar-refractivity contribution in [1.29, 1.82) is 0 Å². The van der Waals surface area contributed by atoms with Crippen molar-refractivity contribution in [1.82, 2.24) is 4.90 Å². The highest BCUT2D eigenvalue weighted by molar-refractivity contribution is 5.67. The second-order valence-corrected chi connectivity index (χ2v) is 6.11. The van der Waals surface area contributed by atoms with E-state index < -0.39 is 0 Å². The Bertz CT molecular complexity index is 267. The number of hydrogen-bond acceptors (Lipinski definition) is 2. The lowest BCUT2D eigenvalue weighted by Crippen LogP contribution is -2.47. The zero-order chi connectivity index (χ0) is 14.3. The first-order valence-electron chi connectivity index (χ1n) is 8.01. The third-order valence-electron chi connectivity index (χ3n) is 4.50. The van der Waals surface area contributed by atoms with Crippen molar-refractivity contribution in [2.45, 2.75) is 59.8 Å². The number of hydrogen-bond donors (Lipinski definition) is 0. The topological polar surface area (TPSA) is 29.5 Å². The highest BCUT2D eigenvalue weighted by Gasteiger charge is 2.33. The Morgan fingerprint density at radius 1 is 1.16 bits per heavy atom. The smallest absolute Gasteiger partial charge is 0.409 e. The highest BCUT2D eigenvalue weighted by atomic mass is 16.6. The van der Waals surface area contributed by atoms with Crippen LogP contribution in [0.1, 0.15) is 59.8 Å². The zero-order valence-corrected chi connectivity index (χ0v) is 13.2. The first-order chi connectivity index (χ1) is 9.10. The minimum atomic E-state index is -0.101. The summed E-state index contributed by atoms with van der Waals surface area (Å²) in [4.78, 5) is 14.0. The summed E-state index contributed by atoms with van der Waals surface area (Å²) < 4.78 is 5.38.